The van der Waals surface area contributed by atoms with E-state index < -0.39 is 24.2 Å². The van der Waals surface area contributed by atoms with E-state index in [-0.39, 0.29) is 4.96 Å². The van der Waals surface area contributed by atoms with E-state index in [9.17, 15) is 0 Å². The van der Waals surface area contributed by atoms with Crippen molar-refractivity contribution in [3.8, 4) is 0 Å². The standard InChI is InChI=1S/C9H20Br4Si3/c1-14(2)7-15(3,4)9(12,13)16(5,6)8(14,10)11/h7H2,1-6H3. The second kappa shape index (κ2) is 4.28. The van der Waals surface area contributed by atoms with Gasteiger partial charge in [-0.15, -0.1) is 0 Å². The molecular weight excluding hydrogens is 512 g/mol. The molecule has 7 heteroatoms. The highest BCUT2D eigenvalue weighted by Crippen LogP contribution is 2.62. The van der Waals surface area contributed by atoms with Crippen LogP contribution in [0.3, 0.4) is 0 Å². The fraction of sp³-hybridized carbons (Fsp3) is 1.00. The average molecular weight is 532 g/mol. The van der Waals surface area contributed by atoms with Crippen LogP contribution in [0.5, 0.6) is 0 Å². The Balaban J connectivity index is 3.43. The van der Waals surface area contributed by atoms with Crippen molar-refractivity contribution in [1.82, 2.24) is 0 Å². The van der Waals surface area contributed by atoms with Crippen LogP contribution in [0.4, 0.5) is 0 Å². The largest absolute Gasteiger partial charge is 0.104 e. The summed E-state index contributed by atoms with van der Waals surface area (Å²) in [7, 11) is -4.09. The number of halogens is 4. The summed E-state index contributed by atoms with van der Waals surface area (Å²) in [6.07, 6.45) is 0. The van der Waals surface area contributed by atoms with Crippen molar-refractivity contribution in [2.45, 2.75) is 49.9 Å². The van der Waals surface area contributed by atoms with Gasteiger partial charge in [0, 0.05) is 0 Å². The minimum Gasteiger partial charge on any atom is -0.0802 e. The van der Waals surface area contributed by atoms with Crippen molar-refractivity contribution in [1.29, 1.82) is 0 Å². The monoisotopic (exact) mass is 528 g/mol. The average Bonchev–Trinajstić information content (AvgIpc) is 1.98. The molecule has 1 heterocycles. The maximum absolute atomic E-state index is 4.07. The number of hydrogen-bond donors (Lipinski definition) is 0. The van der Waals surface area contributed by atoms with Gasteiger partial charge in [0.15, 0.2) is 0 Å². The van der Waals surface area contributed by atoms with E-state index in [1.807, 2.05) is 0 Å². The first-order valence-corrected chi connectivity index (χ1v) is 18.0. The van der Waals surface area contributed by atoms with Crippen LogP contribution in [0.25, 0.3) is 0 Å². The van der Waals surface area contributed by atoms with Gasteiger partial charge in [-0.05, 0) is 0 Å². The van der Waals surface area contributed by atoms with Gasteiger partial charge in [0.05, 0.1) is 21.1 Å². The normalized spacial score (nSPS) is 33.4. The summed E-state index contributed by atoms with van der Waals surface area (Å²) in [5, 5.41) is 0. The van der Waals surface area contributed by atoms with Gasteiger partial charge in [-0.2, -0.15) is 0 Å². The van der Waals surface area contributed by atoms with Gasteiger partial charge in [-0.25, -0.2) is 0 Å². The molecule has 0 spiro atoms. The van der Waals surface area contributed by atoms with Gasteiger partial charge in [0.25, 0.3) is 0 Å². The van der Waals surface area contributed by atoms with Gasteiger partial charge in [-0.1, -0.05) is 109 Å². The molecule has 0 bridgehead atoms. The zero-order valence-electron chi connectivity index (χ0n) is 10.7. The third-order valence-electron chi connectivity index (χ3n) is 4.15. The number of hydrogen-bond acceptors (Lipinski definition) is 0. The molecule has 1 aliphatic heterocycles. The predicted octanol–water partition coefficient (Wildman–Crippen LogP) is 5.79. The van der Waals surface area contributed by atoms with Crippen molar-refractivity contribution in [3.63, 3.8) is 0 Å². The molecule has 0 amide bonds. The van der Waals surface area contributed by atoms with Crippen molar-refractivity contribution in [2.75, 3.05) is 0 Å². The maximum Gasteiger partial charge on any atom is 0.104 e. The second-order valence-corrected chi connectivity index (χ2v) is 35.7. The molecule has 0 aliphatic carbocycles. The minimum absolute atomic E-state index is 0.204. The van der Waals surface area contributed by atoms with E-state index in [0.29, 0.717) is 0 Å². The summed E-state index contributed by atoms with van der Waals surface area (Å²) in [6, 6.07) is 0. The molecule has 1 rings (SSSR count). The predicted molar refractivity (Wildman–Crippen MR) is 98.4 cm³/mol. The highest BCUT2D eigenvalue weighted by molar-refractivity contribution is 9.29. The van der Waals surface area contributed by atoms with E-state index in [2.05, 4.69) is 103 Å². The molecule has 96 valence electrons. The van der Waals surface area contributed by atoms with Gasteiger partial charge in [-0.3, -0.25) is 0 Å². The highest BCUT2D eigenvalue weighted by atomic mass is 79.9. The Labute approximate surface area is 136 Å². The molecule has 16 heavy (non-hydrogen) atoms. The molecule has 0 unspecified atom stereocenters. The first-order valence-electron chi connectivity index (χ1n) is 5.46. The van der Waals surface area contributed by atoms with Gasteiger partial charge in [0.2, 0.25) is 0 Å². The fourth-order valence-electron chi connectivity index (χ4n) is 3.22. The first kappa shape index (κ1) is 16.6. The van der Waals surface area contributed by atoms with Crippen LogP contribution >= 0.6 is 63.7 Å². The summed E-state index contributed by atoms with van der Waals surface area (Å²) in [5.74, 6) is 0. The lowest BCUT2D eigenvalue weighted by Gasteiger charge is -2.62. The minimum atomic E-state index is -1.53. The Morgan fingerprint density at radius 2 is 0.938 bits per heavy atom. The Bertz CT molecular complexity index is 282. The van der Waals surface area contributed by atoms with Gasteiger partial charge >= 0.3 is 0 Å². The van der Waals surface area contributed by atoms with E-state index >= 15 is 0 Å². The number of rotatable bonds is 0. The molecule has 0 nitrogen and oxygen atoms in total. The van der Waals surface area contributed by atoms with E-state index in [0.717, 1.165) is 0 Å². The summed E-state index contributed by atoms with van der Waals surface area (Å²) in [4.78, 5) is 0. The van der Waals surface area contributed by atoms with Crippen molar-refractivity contribution in [3.05, 3.63) is 0 Å². The molecule has 0 saturated carbocycles. The van der Waals surface area contributed by atoms with Gasteiger partial charge < -0.3 is 0 Å². The third kappa shape index (κ3) is 2.02. The van der Waals surface area contributed by atoms with Gasteiger partial charge in [0.1, 0.15) is 8.07 Å². The SMILES string of the molecule is C[Si]1(C)C[Si](C)(C)C(Br)(Br)[Si](C)(C)C1(Br)Br. The van der Waals surface area contributed by atoms with Crippen LogP contribution in [0.2, 0.25) is 44.9 Å². The zero-order valence-corrected chi connectivity index (χ0v) is 20.1. The summed E-state index contributed by atoms with van der Waals surface area (Å²) >= 11 is 16.3. The van der Waals surface area contributed by atoms with Crippen molar-refractivity contribution < 1.29 is 0 Å². The highest BCUT2D eigenvalue weighted by Gasteiger charge is 2.71. The van der Waals surface area contributed by atoms with Crippen LogP contribution in [-0.4, -0.2) is 29.2 Å². The third-order valence-corrected chi connectivity index (χ3v) is 50.4. The van der Waals surface area contributed by atoms with Crippen LogP contribution in [0.1, 0.15) is 0 Å². The van der Waals surface area contributed by atoms with E-state index in [4.69, 9.17) is 0 Å². The van der Waals surface area contributed by atoms with E-state index in [1.165, 1.54) is 5.67 Å². The van der Waals surface area contributed by atoms with Crippen LogP contribution in [0, 0.1) is 0 Å². The van der Waals surface area contributed by atoms with Crippen molar-refractivity contribution in [2.24, 2.45) is 0 Å². The zero-order chi connectivity index (χ0) is 13.2. The lowest BCUT2D eigenvalue weighted by molar-refractivity contribution is 1.25. The molecule has 0 aromatic heterocycles. The van der Waals surface area contributed by atoms with Crippen LogP contribution in [-0.2, 0) is 0 Å². The molecule has 0 radical (unpaired) electrons. The lowest BCUT2D eigenvalue weighted by atomic mass is 11.6. The fourth-order valence-corrected chi connectivity index (χ4v) is 44.9. The van der Waals surface area contributed by atoms with Crippen LogP contribution < -0.4 is 0 Å². The molecule has 0 aromatic carbocycles. The molecule has 1 saturated heterocycles. The van der Waals surface area contributed by atoms with E-state index in [1.54, 1.807) is 0 Å². The Kier molecular flexibility index (Phi) is 4.45. The molecule has 0 atom stereocenters. The molecule has 1 fully saturated rings. The summed E-state index contributed by atoms with van der Waals surface area (Å²) in [6.45, 7) is 15.1. The smallest absolute Gasteiger partial charge is 0.0802 e. The summed E-state index contributed by atoms with van der Waals surface area (Å²) in [5.41, 5.74) is 1.43. The first-order chi connectivity index (χ1) is 6.71. The Morgan fingerprint density at radius 1 is 0.688 bits per heavy atom. The Morgan fingerprint density at radius 3 is 1.19 bits per heavy atom. The van der Waals surface area contributed by atoms with Crippen molar-refractivity contribution >= 4 is 87.9 Å². The maximum atomic E-state index is 4.07. The molecule has 0 aromatic rings. The molecule has 1 aliphatic rings. The molecular formula is C9H20Br4Si3. The Hall–Kier alpha value is 2.57. The van der Waals surface area contributed by atoms with Crippen LogP contribution in [0.15, 0.2) is 0 Å². The quantitative estimate of drug-likeness (QED) is 0.274. The topological polar surface area (TPSA) is 0 Å². The second-order valence-electron chi connectivity index (χ2n) is 6.72. The summed E-state index contributed by atoms with van der Waals surface area (Å²) < 4.78 is 0.408. The lowest BCUT2D eigenvalue weighted by Crippen LogP contribution is -2.80. The number of alkyl halides is 4. The molecule has 0 N–H and O–H groups in total.